The van der Waals surface area contributed by atoms with E-state index in [4.69, 9.17) is 4.74 Å². The van der Waals surface area contributed by atoms with Gasteiger partial charge < -0.3 is 20.5 Å². The van der Waals surface area contributed by atoms with E-state index in [9.17, 15) is 19.5 Å². The topological polar surface area (TPSA) is 105 Å². The minimum Gasteiger partial charge on any atom is -0.489 e. The van der Waals surface area contributed by atoms with Crippen molar-refractivity contribution < 1.29 is 24.2 Å². The average molecular weight is 384 g/mol. The lowest BCUT2D eigenvalue weighted by atomic mass is 10.0. The Kier molecular flexibility index (Phi) is 7.14. The summed E-state index contributed by atoms with van der Waals surface area (Å²) in [6.45, 7) is 5.05. The molecule has 0 bridgehead atoms. The van der Waals surface area contributed by atoms with Gasteiger partial charge in [0.25, 0.3) is 0 Å². The van der Waals surface area contributed by atoms with Crippen LogP contribution in [0.5, 0.6) is 5.75 Å². The van der Waals surface area contributed by atoms with Gasteiger partial charge in [0.2, 0.25) is 11.8 Å². The van der Waals surface area contributed by atoms with Gasteiger partial charge in [0.1, 0.15) is 5.75 Å². The molecule has 2 rings (SSSR count). The number of anilines is 1. The summed E-state index contributed by atoms with van der Waals surface area (Å²) >= 11 is 0. The molecule has 0 aromatic heterocycles. The van der Waals surface area contributed by atoms with Crippen LogP contribution in [0.4, 0.5) is 5.69 Å². The van der Waals surface area contributed by atoms with E-state index in [0.717, 1.165) is 5.56 Å². The number of benzene rings is 2. The Bertz CT molecular complexity index is 849. The highest BCUT2D eigenvalue weighted by atomic mass is 16.5. The molecule has 2 amide bonds. The third-order valence-electron chi connectivity index (χ3n) is 3.83. The molecule has 0 aliphatic carbocycles. The van der Waals surface area contributed by atoms with E-state index >= 15 is 0 Å². The first kappa shape index (κ1) is 21.0. The molecule has 7 heteroatoms. The lowest BCUT2D eigenvalue weighted by Gasteiger charge is -2.19. The Labute approximate surface area is 163 Å². The molecular formula is C21H24N2O5. The van der Waals surface area contributed by atoms with E-state index in [2.05, 4.69) is 10.6 Å². The Morgan fingerprint density at radius 3 is 2.32 bits per heavy atom. The van der Waals surface area contributed by atoms with Crippen LogP contribution in [-0.2, 0) is 9.59 Å². The predicted molar refractivity (Wildman–Crippen MR) is 105 cm³/mol. The Morgan fingerprint density at radius 2 is 1.75 bits per heavy atom. The van der Waals surface area contributed by atoms with Crippen molar-refractivity contribution in [2.24, 2.45) is 0 Å². The first-order valence-corrected chi connectivity index (χ1v) is 8.92. The van der Waals surface area contributed by atoms with Gasteiger partial charge in [0.05, 0.1) is 29.8 Å². The number of aromatic carboxylic acids is 1. The fraction of sp³-hybridized carbons (Fsp3) is 0.286. The van der Waals surface area contributed by atoms with Gasteiger partial charge in [-0.05, 0) is 37.6 Å². The minimum absolute atomic E-state index is 0.0119. The van der Waals surface area contributed by atoms with E-state index in [0.29, 0.717) is 5.75 Å². The van der Waals surface area contributed by atoms with Crippen molar-refractivity contribution in [3.05, 3.63) is 59.7 Å². The van der Waals surface area contributed by atoms with Gasteiger partial charge in [-0.25, -0.2) is 4.79 Å². The molecule has 3 N–H and O–H groups in total. The standard InChI is InChI=1S/C21H24N2O5/c1-13(2)28-19-10-9-16(21(26)27)11-18(19)23-20(25)12-17(22-14(3)24)15-7-5-4-6-8-15/h4-11,13,17H,12H2,1-3H3,(H,22,24)(H,23,25)(H,26,27). The summed E-state index contributed by atoms with van der Waals surface area (Å²) in [6, 6.07) is 12.9. The lowest BCUT2D eigenvalue weighted by Crippen LogP contribution is -2.29. The second-order valence-corrected chi connectivity index (χ2v) is 6.60. The van der Waals surface area contributed by atoms with Crippen LogP contribution in [0.25, 0.3) is 0 Å². The second kappa shape index (κ2) is 9.55. The zero-order valence-electron chi connectivity index (χ0n) is 16.1. The van der Waals surface area contributed by atoms with Crippen molar-refractivity contribution in [2.75, 3.05) is 5.32 Å². The molecule has 0 spiro atoms. The number of nitrogens with one attached hydrogen (secondary N) is 2. The number of rotatable bonds is 8. The van der Waals surface area contributed by atoms with Gasteiger partial charge in [0, 0.05) is 6.92 Å². The van der Waals surface area contributed by atoms with E-state index in [1.165, 1.54) is 25.1 Å². The van der Waals surface area contributed by atoms with Crippen molar-refractivity contribution in [3.63, 3.8) is 0 Å². The fourth-order valence-corrected chi connectivity index (χ4v) is 2.69. The molecular weight excluding hydrogens is 360 g/mol. The highest BCUT2D eigenvalue weighted by Crippen LogP contribution is 2.28. The predicted octanol–water partition coefficient (Wildman–Crippen LogP) is 3.38. The maximum Gasteiger partial charge on any atom is 0.335 e. The Hall–Kier alpha value is -3.35. The molecule has 0 aliphatic heterocycles. The zero-order chi connectivity index (χ0) is 20.7. The molecule has 0 aliphatic rings. The number of carboxylic acid groups (broad SMARTS) is 1. The van der Waals surface area contributed by atoms with Crippen LogP contribution in [0.1, 0.15) is 49.2 Å². The molecule has 7 nitrogen and oxygen atoms in total. The molecule has 2 aromatic carbocycles. The fourth-order valence-electron chi connectivity index (χ4n) is 2.69. The first-order valence-electron chi connectivity index (χ1n) is 8.92. The number of amides is 2. The highest BCUT2D eigenvalue weighted by Gasteiger charge is 2.19. The smallest absolute Gasteiger partial charge is 0.335 e. The summed E-state index contributed by atoms with van der Waals surface area (Å²) in [5.74, 6) is -1.35. The molecule has 28 heavy (non-hydrogen) atoms. The van der Waals surface area contributed by atoms with Crippen LogP contribution in [0.3, 0.4) is 0 Å². The van der Waals surface area contributed by atoms with Crippen LogP contribution >= 0.6 is 0 Å². The zero-order valence-corrected chi connectivity index (χ0v) is 16.1. The average Bonchev–Trinajstić information content (AvgIpc) is 2.62. The first-order chi connectivity index (χ1) is 13.3. The van der Waals surface area contributed by atoms with Gasteiger partial charge in [0.15, 0.2) is 0 Å². The van der Waals surface area contributed by atoms with Crippen molar-refractivity contribution in [3.8, 4) is 5.75 Å². The number of hydrogen-bond donors (Lipinski definition) is 3. The minimum atomic E-state index is -1.10. The summed E-state index contributed by atoms with van der Waals surface area (Å²) in [7, 11) is 0. The van der Waals surface area contributed by atoms with Crippen LogP contribution in [0.2, 0.25) is 0 Å². The van der Waals surface area contributed by atoms with Gasteiger partial charge in [-0.2, -0.15) is 0 Å². The van der Waals surface area contributed by atoms with Crippen molar-refractivity contribution in [1.29, 1.82) is 0 Å². The summed E-state index contributed by atoms with van der Waals surface area (Å²) in [5.41, 5.74) is 1.10. The molecule has 0 saturated heterocycles. The third kappa shape index (κ3) is 6.12. The number of carboxylic acids is 1. The molecule has 0 radical (unpaired) electrons. The quantitative estimate of drug-likeness (QED) is 0.647. The summed E-state index contributed by atoms with van der Waals surface area (Å²) in [6.07, 6.45) is -0.162. The lowest BCUT2D eigenvalue weighted by molar-refractivity contribution is -0.120. The molecule has 0 heterocycles. The molecule has 0 fully saturated rings. The number of carbonyl (C=O) groups is 3. The Morgan fingerprint density at radius 1 is 1.07 bits per heavy atom. The molecule has 0 saturated carbocycles. The summed E-state index contributed by atoms with van der Waals surface area (Å²) < 4.78 is 5.66. The summed E-state index contributed by atoms with van der Waals surface area (Å²) in [4.78, 5) is 35.4. The van der Waals surface area contributed by atoms with Crippen LogP contribution in [0.15, 0.2) is 48.5 Å². The van der Waals surface area contributed by atoms with E-state index in [1.807, 2.05) is 44.2 Å². The van der Waals surface area contributed by atoms with Crippen LogP contribution in [-0.4, -0.2) is 29.0 Å². The number of hydrogen-bond acceptors (Lipinski definition) is 4. The Balaban J connectivity index is 2.22. The molecule has 2 aromatic rings. The highest BCUT2D eigenvalue weighted by molar-refractivity contribution is 5.96. The largest absolute Gasteiger partial charge is 0.489 e. The third-order valence-corrected chi connectivity index (χ3v) is 3.83. The van der Waals surface area contributed by atoms with Gasteiger partial charge >= 0.3 is 5.97 Å². The van der Waals surface area contributed by atoms with Crippen molar-refractivity contribution in [2.45, 2.75) is 39.3 Å². The van der Waals surface area contributed by atoms with Crippen LogP contribution < -0.4 is 15.4 Å². The maximum absolute atomic E-state index is 12.6. The van der Waals surface area contributed by atoms with E-state index < -0.39 is 12.0 Å². The monoisotopic (exact) mass is 384 g/mol. The molecule has 1 atom stereocenters. The normalized spacial score (nSPS) is 11.6. The molecule has 148 valence electrons. The summed E-state index contributed by atoms with van der Waals surface area (Å²) in [5, 5.41) is 14.7. The van der Waals surface area contributed by atoms with Gasteiger partial charge in [-0.3, -0.25) is 9.59 Å². The second-order valence-electron chi connectivity index (χ2n) is 6.60. The SMILES string of the molecule is CC(=O)NC(CC(=O)Nc1cc(C(=O)O)ccc1OC(C)C)c1ccccc1. The van der Waals surface area contributed by atoms with Gasteiger partial charge in [-0.1, -0.05) is 30.3 Å². The maximum atomic E-state index is 12.6. The number of ether oxygens (including phenoxy) is 1. The number of carbonyl (C=O) groups excluding carboxylic acids is 2. The van der Waals surface area contributed by atoms with E-state index in [1.54, 1.807) is 0 Å². The van der Waals surface area contributed by atoms with Gasteiger partial charge in [-0.15, -0.1) is 0 Å². The van der Waals surface area contributed by atoms with Crippen molar-refractivity contribution in [1.82, 2.24) is 5.32 Å². The molecule has 1 unspecified atom stereocenters. The van der Waals surface area contributed by atoms with Crippen molar-refractivity contribution >= 4 is 23.5 Å². The van der Waals surface area contributed by atoms with Crippen LogP contribution in [0, 0.1) is 0 Å². The van der Waals surface area contributed by atoms with E-state index in [-0.39, 0.29) is 35.6 Å².